The average molecular weight is 294 g/mol. The SMILES string of the molecule is COCCOC(=O)CN1C(=O)COc2ccc(CN)cc21. The second-order valence-electron chi connectivity index (χ2n) is 4.49. The van der Waals surface area contributed by atoms with E-state index in [9.17, 15) is 9.59 Å². The molecule has 0 bridgehead atoms. The lowest BCUT2D eigenvalue weighted by Gasteiger charge is -2.29. The van der Waals surface area contributed by atoms with Gasteiger partial charge in [0, 0.05) is 13.7 Å². The van der Waals surface area contributed by atoms with Gasteiger partial charge in [-0.2, -0.15) is 0 Å². The van der Waals surface area contributed by atoms with Gasteiger partial charge in [-0.05, 0) is 17.7 Å². The first kappa shape index (κ1) is 15.3. The molecule has 0 aliphatic carbocycles. The fourth-order valence-corrected chi connectivity index (χ4v) is 1.96. The van der Waals surface area contributed by atoms with Crippen LogP contribution in [0.3, 0.4) is 0 Å². The van der Waals surface area contributed by atoms with E-state index < -0.39 is 5.97 Å². The van der Waals surface area contributed by atoms with Gasteiger partial charge in [-0.25, -0.2) is 0 Å². The van der Waals surface area contributed by atoms with E-state index in [-0.39, 0.29) is 25.7 Å². The summed E-state index contributed by atoms with van der Waals surface area (Å²) in [6.07, 6.45) is 0. The van der Waals surface area contributed by atoms with Crippen LogP contribution in [0.4, 0.5) is 5.69 Å². The third kappa shape index (κ3) is 3.71. The summed E-state index contributed by atoms with van der Waals surface area (Å²) >= 11 is 0. The van der Waals surface area contributed by atoms with Gasteiger partial charge in [0.1, 0.15) is 18.9 Å². The third-order valence-corrected chi connectivity index (χ3v) is 3.04. The number of nitrogens with zero attached hydrogens (tertiary/aromatic N) is 1. The second-order valence-corrected chi connectivity index (χ2v) is 4.49. The summed E-state index contributed by atoms with van der Waals surface area (Å²) in [6, 6.07) is 5.31. The van der Waals surface area contributed by atoms with Gasteiger partial charge in [-0.1, -0.05) is 6.07 Å². The van der Waals surface area contributed by atoms with Crippen LogP contribution < -0.4 is 15.4 Å². The summed E-state index contributed by atoms with van der Waals surface area (Å²) in [5.41, 5.74) is 6.99. The average Bonchev–Trinajstić information content (AvgIpc) is 2.50. The van der Waals surface area contributed by atoms with E-state index >= 15 is 0 Å². The fourth-order valence-electron chi connectivity index (χ4n) is 1.96. The molecule has 1 aliphatic heterocycles. The van der Waals surface area contributed by atoms with Crippen molar-refractivity contribution in [2.45, 2.75) is 6.54 Å². The van der Waals surface area contributed by atoms with Crippen LogP contribution in [0.25, 0.3) is 0 Å². The van der Waals surface area contributed by atoms with Crippen LogP contribution in [-0.2, 0) is 25.6 Å². The molecule has 0 unspecified atom stereocenters. The van der Waals surface area contributed by atoms with Crippen LogP contribution in [0, 0.1) is 0 Å². The normalized spacial score (nSPS) is 13.6. The Hall–Kier alpha value is -2.12. The van der Waals surface area contributed by atoms with Gasteiger partial charge in [0.2, 0.25) is 0 Å². The van der Waals surface area contributed by atoms with Crippen LogP contribution in [0.1, 0.15) is 5.56 Å². The molecule has 1 amide bonds. The maximum atomic E-state index is 12.0. The Morgan fingerprint density at radius 3 is 2.95 bits per heavy atom. The largest absolute Gasteiger partial charge is 0.482 e. The highest BCUT2D eigenvalue weighted by Gasteiger charge is 2.28. The molecule has 1 heterocycles. The van der Waals surface area contributed by atoms with Crippen molar-refractivity contribution >= 4 is 17.6 Å². The molecule has 1 aliphatic rings. The van der Waals surface area contributed by atoms with E-state index in [1.165, 1.54) is 12.0 Å². The lowest BCUT2D eigenvalue weighted by atomic mass is 10.1. The van der Waals surface area contributed by atoms with Crippen LogP contribution in [0.2, 0.25) is 0 Å². The summed E-state index contributed by atoms with van der Waals surface area (Å²) in [6.45, 7) is 0.557. The quantitative estimate of drug-likeness (QED) is 0.589. The molecular formula is C14H18N2O5. The molecule has 0 spiro atoms. The monoisotopic (exact) mass is 294 g/mol. The van der Waals surface area contributed by atoms with Gasteiger partial charge in [-0.15, -0.1) is 0 Å². The highest BCUT2D eigenvalue weighted by atomic mass is 16.6. The molecule has 7 heteroatoms. The molecular weight excluding hydrogens is 276 g/mol. The van der Waals surface area contributed by atoms with Crippen molar-refractivity contribution in [1.82, 2.24) is 0 Å². The molecule has 0 saturated heterocycles. The maximum absolute atomic E-state index is 12.0. The number of amides is 1. The van der Waals surface area contributed by atoms with Gasteiger partial charge in [-0.3, -0.25) is 14.5 Å². The van der Waals surface area contributed by atoms with Gasteiger partial charge >= 0.3 is 5.97 Å². The van der Waals surface area contributed by atoms with Crippen molar-refractivity contribution in [3.8, 4) is 5.75 Å². The number of hydrogen-bond acceptors (Lipinski definition) is 6. The first-order valence-electron chi connectivity index (χ1n) is 6.56. The molecule has 0 aromatic heterocycles. The molecule has 0 fully saturated rings. The number of anilines is 1. The molecule has 1 aromatic rings. The minimum atomic E-state index is -0.494. The van der Waals surface area contributed by atoms with E-state index in [2.05, 4.69) is 0 Å². The minimum absolute atomic E-state index is 0.0969. The van der Waals surface area contributed by atoms with Crippen molar-refractivity contribution in [1.29, 1.82) is 0 Å². The summed E-state index contributed by atoms with van der Waals surface area (Å²) in [7, 11) is 1.52. The molecule has 1 aromatic carbocycles. The Balaban J connectivity index is 2.12. The summed E-state index contributed by atoms with van der Waals surface area (Å²) < 4.78 is 15.1. The van der Waals surface area contributed by atoms with Crippen molar-refractivity contribution in [2.75, 3.05) is 38.4 Å². The van der Waals surface area contributed by atoms with Gasteiger partial charge < -0.3 is 19.9 Å². The first-order valence-corrected chi connectivity index (χ1v) is 6.56. The van der Waals surface area contributed by atoms with E-state index in [0.717, 1.165) is 5.56 Å². The topological polar surface area (TPSA) is 91.1 Å². The van der Waals surface area contributed by atoms with E-state index in [1.807, 2.05) is 6.07 Å². The Kier molecular flexibility index (Phi) is 5.13. The van der Waals surface area contributed by atoms with E-state index in [1.54, 1.807) is 12.1 Å². The second kappa shape index (κ2) is 7.05. The number of nitrogens with two attached hydrogens (primary N) is 1. The van der Waals surface area contributed by atoms with Crippen LogP contribution >= 0.6 is 0 Å². The predicted molar refractivity (Wildman–Crippen MR) is 75.0 cm³/mol. The lowest BCUT2D eigenvalue weighted by molar-refractivity contribution is -0.144. The molecule has 2 rings (SSSR count). The lowest BCUT2D eigenvalue weighted by Crippen LogP contribution is -2.42. The third-order valence-electron chi connectivity index (χ3n) is 3.04. The molecule has 0 saturated carbocycles. The van der Waals surface area contributed by atoms with Crippen molar-refractivity contribution in [3.05, 3.63) is 23.8 Å². The minimum Gasteiger partial charge on any atom is -0.482 e. The molecule has 7 nitrogen and oxygen atoms in total. The van der Waals surface area contributed by atoms with Gasteiger partial charge in [0.25, 0.3) is 5.91 Å². The summed E-state index contributed by atoms with van der Waals surface area (Å²) in [4.78, 5) is 25.1. The Morgan fingerprint density at radius 1 is 1.43 bits per heavy atom. The van der Waals surface area contributed by atoms with Crippen LogP contribution in [0.15, 0.2) is 18.2 Å². The van der Waals surface area contributed by atoms with Crippen molar-refractivity contribution in [3.63, 3.8) is 0 Å². The van der Waals surface area contributed by atoms with Crippen LogP contribution in [-0.4, -0.2) is 45.4 Å². The number of hydrogen-bond donors (Lipinski definition) is 1. The number of fused-ring (bicyclic) bond motifs is 1. The standard InChI is InChI=1S/C14H18N2O5/c1-19-4-5-20-14(18)8-16-11-6-10(7-15)2-3-12(11)21-9-13(16)17/h2-3,6H,4-5,7-9,15H2,1H3. The molecule has 0 radical (unpaired) electrons. The van der Waals surface area contributed by atoms with Gasteiger partial charge in [0.15, 0.2) is 6.61 Å². The Bertz CT molecular complexity index is 532. The molecule has 21 heavy (non-hydrogen) atoms. The molecule has 0 atom stereocenters. The summed E-state index contributed by atoms with van der Waals surface area (Å²) in [5.74, 6) is -0.233. The smallest absolute Gasteiger partial charge is 0.326 e. The molecule has 114 valence electrons. The number of methoxy groups -OCH3 is 1. The zero-order chi connectivity index (χ0) is 15.2. The van der Waals surface area contributed by atoms with Gasteiger partial charge in [0.05, 0.1) is 12.3 Å². The summed E-state index contributed by atoms with van der Waals surface area (Å²) in [5, 5.41) is 0. The maximum Gasteiger partial charge on any atom is 0.326 e. The van der Waals surface area contributed by atoms with Crippen molar-refractivity contribution in [2.24, 2.45) is 5.73 Å². The zero-order valence-electron chi connectivity index (χ0n) is 11.8. The Morgan fingerprint density at radius 2 is 2.24 bits per heavy atom. The number of benzene rings is 1. The van der Waals surface area contributed by atoms with E-state index in [4.69, 9.17) is 19.9 Å². The van der Waals surface area contributed by atoms with Crippen LogP contribution in [0.5, 0.6) is 5.75 Å². The number of rotatable bonds is 6. The number of ether oxygens (including phenoxy) is 3. The number of esters is 1. The van der Waals surface area contributed by atoms with E-state index in [0.29, 0.717) is 24.6 Å². The first-order chi connectivity index (χ1) is 10.2. The number of carbonyl (C=O) groups excluding carboxylic acids is 2. The molecule has 2 N–H and O–H groups in total. The Labute approximate surface area is 122 Å². The fraction of sp³-hybridized carbons (Fsp3) is 0.429. The van der Waals surface area contributed by atoms with Crippen molar-refractivity contribution < 1.29 is 23.8 Å². The number of carbonyl (C=O) groups is 2. The zero-order valence-corrected chi connectivity index (χ0v) is 11.8. The predicted octanol–water partition coefficient (Wildman–Crippen LogP) is 0.0603. The highest BCUT2D eigenvalue weighted by Crippen LogP contribution is 2.32. The highest BCUT2D eigenvalue weighted by molar-refractivity contribution is 6.01.